The van der Waals surface area contributed by atoms with E-state index in [0.29, 0.717) is 12.0 Å². The van der Waals surface area contributed by atoms with Crippen LogP contribution in [0.1, 0.15) is 47.6 Å². The molecule has 14 heteroatoms. The maximum atomic E-state index is 14.2. The Balaban J connectivity index is 1.48. The highest BCUT2D eigenvalue weighted by Gasteiger charge is 2.34. The van der Waals surface area contributed by atoms with Gasteiger partial charge in [-0.15, -0.1) is 0 Å². The van der Waals surface area contributed by atoms with Crippen molar-refractivity contribution in [2.45, 2.75) is 60.8 Å². The monoisotopic (exact) mass is 740 g/mol. The van der Waals surface area contributed by atoms with Gasteiger partial charge in [0, 0.05) is 32.6 Å². The van der Waals surface area contributed by atoms with Crippen LogP contribution in [-0.4, -0.2) is 61.6 Å². The summed E-state index contributed by atoms with van der Waals surface area (Å²) < 4.78 is 85.7. The molecule has 0 saturated heterocycles. The van der Waals surface area contributed by atoms with E-state index in [9.17, 15) is 30.0 Å². The molecule has 3 N–H and O–H groups in total. The summed E-state index contributed by atoms with van der Waals surface area (Å²) in [7, 11) is -11.7. The largest absolute Gasteiger partial charge is 0.356 e. The Morgan fingerprint density at radius 3 is 1.50 bits per heavy atom. The van der Waals surface area contributed by atoms with Gasteiger partial charge in [0.15, 0.2) is 0 Å². The van der Waals surface area contributed by atoms with Crippen molar-refractivity contribution in [3.63, 3.8) is 0 Å². The van der Waals surface area contributed by atoms with Crippen molar-refractivity contribution in [2.24, 2.45) is 0 Å². The van der Waals surface area contributed by atoms with Gasteiger partial charge >= 0.3 is 0 Å². The first-order valence-electron chi connectivity index (χ1n) is 16.2. The highest BCUT2D eigenvalue weighted by molar-refractivity contribution is 7.90. The molecule has 0 aromatic heterocycles. The Bertz CT molecular complexity index is 2040. The first-order valence-corrected chi connectivity index (χ1v) is 20.6. The standard InChI is InChI=1S/C36H44N4O7S3/c1-28-11-17-32(18-12-28)48(42,43)38-24-7-23-37-36(41)27-35(31-9-5-4-6-10-31)40(50(46,47)34-21-15-30(3)16-22-34)26-8-25-39-49(44,45)33-19-13-29(2)14-20-33/h4-6,9-22,35,38-39H,7-8,23-27H2,1-3H3,(H,37,41). The molecule has 4 rings (SSSR count). The molecular weight excluding hydrogens is 697 g/mol. The zero-order valence-corrected chi connectivity index (χ0v) is 30.8. The number of nitrogens with zero attached hydrogens (tertiary/aromatic N) is 1. The van der Waals surface area contributed by atoms with Crippen LogP contribution in [-0.2, 0) is 34.9 Å². The third-order valence-electron chi connectivity index (χ3n) is 8.02. The van der Waals surface area contributed by atoms with Gasteiger partial charge in [-0.3, -0.25) is 4.79 Å². The molecule has 1 unspecified atom stereocenters. The SMILES string of the molecule is Cc1ccc(S(=O)(=O)NCCCNC(=O)CC(c2ccccc2)N(CCCNS(=O)(=O)c2ccc(C)cc2)S(=O)(=O)c2ccc(C)cc2)cc1. The quantitative estimate of drug-likeness (QED) is 0.126. The lowest BCUT2D eigenvalue weighted by Crippen LogP contribution is -2.40. The fourth-order valence-electron chi connectivity index (χ4n) is 5.16. The number of hydrogen-bond donors (Lipinski definition) is 3. The fraction of sp³-hybridized carbons (Fsp3) is 0.306. The number of aryl methyl sites for hydroxylation is 3. The van der Waals surface area contributed by atoms with Crippen LogP contribution in [0.15, 0.2) is 118 Å². The number of amides is 1. The number of carbonyl (C=O) groups is 1. The maximum Gasteiger partial charge on any atom is 0.243 e. The Hall–Kier alpha value is -3.92. The summed E-state index contributed by atoms with van der Waals surface area (Å²) in [4.78, 5) is 13.6. The van der Waals surface area contributed by atoms with E-state index in [4.69, 9.17) is 0 Å². The molecule has 1 amide bonds. The minimum absolute atomic E-state index is 0.0394. The number of hydrogen-bond acceptors (Lipinski definition) is 7. The van der Waals surface area contributed by atoms with E-state index < -0.39 is 42.0 Å². The molecule has 4 aromatic rings. The molecule has 0 aliphatic rings. The summed E-state index contributed by atoms with van der Waals surface area (Å²) >= 11 is 0. The zero-order chi connectivity index (χ0) is 36.4. The van der Waals surface area contributed by atoms with Crippen LogP contribution in [0, 0.1) is 20.8 Å². The van der Waals surface area contributed by atoms with E-state index in [1.807, 2.05) is 20.8 Å². The molecule has 50 heavy (non-hydrogen) atoms. The van der Waals surface area contributed by atoms with Crippen molar-refractivity contribution in [3.8, 4) is 0 Å². The second-order valence-electron chi connectivity index (χ2n) is 12.0. The van der Waals surface area contributed by atoms with Gasteiger partial charge in [0.2, 0.25) is 36.0 Å². The van der Waals surface area contributed by atoms with Crippen LogP contribution in [0.2, 0.25) is 0 Å². The third kappa shape index (κ3) is 10.8. The summed E-state index contributed by atoms with van der Waals surface area (Å²) in [5.74, 6) is -0.426. The summed E-state index contributed by atoms with van der Waals surface area (Å²) in [5.41, 5.74) is 3.32. The van der Waals surface area contributed by atoms with Crippen LogP contribution in [0.25, 0.3) is 0 Å². The molecule has 268 valence electrons. The highest BCUT2D eigenvalue weighted by Crippen LogP contribution is 2.31. The molecule has 1 atom stereocenters. The van der Waals surface area contributed by atoms with E-state index >= 15 is 0 Å². The van der Waals surface area contributed by atoms with Crippen molar-refractivity contribution in [1.29, 1.82) is 0 Å². The number of carbonyl (C=O) groups excluding carboxylic acids is 1. The lowest BCUT2D eigenvalue weighted by atomic mass is 10.0. The van der Waals surface area contributed by atoms with Crippen molar-refractivity contribution < 1.29 is 30.0 Å². The van der Waals surface area contributed by atoms with Gasteiger partial charge < -0.3 is 5.32 Å². The van der Waals surface area contributed by atoms with E-state index in [1.165, 1.54) is 40.7 Å². The molecule has 0 radical (unpaired) electrons. The normalized spacial score (nSPS) is 12.9. The molecule has 11 nitrogen and oxygen atoms in total. The summed E-state index contributed by atoms with van der Waals surface area (Å²) in [6, 6.07) is 27.2. The first-order chi connectivity index (χ1) is 23.7. The van der Waals surface area contributed by atoms with Gasteiger partial charge in [0.25, 0.3) is 0 Å². The molecular formula is C36H44N4O7S3. The van der Waals surface area contributed by atoms with Gasteiger partial charge in [-0.1, -0.05) is 83.4 Å². The molecule has 0 bridgehead atoms. The lowest BCUT2D eigenvalue weighted by Gasteiger charge is -2.31. The molecule has 0 saturated carbocycles. The minimum atomic E-state index is -4.16. The number of benzene rings is 4. The Morgan fingerprint density at radius 1 is 0.580 bits per heavy atom. The predicted octanol–water partition coefficient (Wildman–Crippen LogP) is 4.59. The highest BCUT2D eigenvalue weighted by atomic mass is 32.2. The van der Waals surface area contributed by atoms with Gasteiger partial charge in [-0.05, 0) is 75.6 Å². The second kappa shape index (κ2) is 17.3. The van der Waals surface area contributed by atoms with Gasteiger partial charge in [-0.2, -0.15) is 4.31 Å². The van der Waals surface area contributed by atoms with Crippen LogP contribution >= 0.6 is 0 Å². The van der Waals surface area contributed by atoms with Gasteiger partial charge in [0.1, 0.15) is 0 Å². The Kier molecular flexibility index (Phi) is 13.5. The van der Waals surface area contributed by atoms with Crippen molar-refractivity contribution >= 4 is 36.0 Å². The van der Waals surface area contributed by atoms with E-state index in [-0.39, 0.29) is 53.7 Å². The number of rotatable bonds is 18. The van der Waals surface area contributed by atoms with E-state index in [1.54, 1.807) is 66.7 Å². The summed E-state index contributed by atoms with van der Waals surface area (Å²) in [6.45, 7) is 5.69. The van der Waals surface area contributed by atoms with Crippen LogP contribution < -0.4 is 14.8 Å². The smallest absolute Gasteiger partial charge is 0.243 e. The van der Waals surface area contributed by atoms with Crippen LogP contribution in [0.4, 0.5) is 0 Å². The number of nitrogens with one attached hydrogen (secondary N) is 3. The molecule has 4 aromatic carbocycles. The molecule has 0 fully saturated rings. The van der Waals surface area contributed by atoms with Gasteiger partial charge in [-0.25, -0.2) is 34.7 Å². The topological polar surface area (TPSA) is 159 Å². The van der Waals surface area contributed by atoms with Crippen molar-refractivity contribution in [1.82, 2.24) is 19.1 Å². The zero-order valence-electron chi connectivity index (χ0n) is 28.4. The lowest BCUT2D eigenvalue weighted by molar-refractivity contribution is -0.122. The summed E-state index contributed by atoms with van der Waals surface area (Å²) in [5, 5.41) is 2.79. The second-order valence-corrected chi connectivity index (χ2v) is 17.5. The van der Waals surface area contributed by atoms with Crippen molar-refractivity contribution in [2.75, 3.05) is 26.2 Å². The maximum absolute atomic E-state index is 14.2. The predicted molar refractivity (Wildman–Crippen MR) is 194 cm³/mol. The molecule has 0 aliphatic carbocycles. The average Bonchev–Trinajstić information content (AvgIpc) is 3.08. The van der Waals surface area contributed by atoms with Crippen molar-refractivity contribution in [3.05, 3.63) is 125 Å². The minimum Gasteiger partial charge on any atom is -0.356 e. The first kappa shape index (κ1) is 38.9. The van der Waals surface area contributed by atoms with E-state index in [0.717, 1.165) is 16.7 Å². The Labute approximate surface area is 296 Å². The van der Waals surface area contributed by atoms with Crippen LogP contribution in [0.3, 0.4) is 0 Å². The third-order valence-corrected chi connectivity index (χ3v) is 12.9. The van der Waals surface area contributed by atoms with Crippen LogP contribution in [0.5, 0.6) is 0 Å². The van der Waals surface area contributed by atoms with Gasteiger partial charge in [0.05, 0.1) is 20.7 Å². The Morgan fingerprint density at radius 2 is 1.02 bits per heavy atom. The van der Waals surface area contributed by atoms with E-state index in [2.05, 4.69) is 14.8 Å². The summed E-state index contributed by atoms with van der Waals surface area (Å²) in [6.07, 6.45) is 0.209. The molecule has 0 spiro atoms. The average molecular weight is 741 g/mol. The molecule has 0 aliphatic heterocycles. The number of sulfonamides is 3. The fourth-order valence-corrected chi connectivity index (χ4v) is 8.96. The molecule has 0 heterocycles.